The van der Waals surface area contributed by atoms with Crippen molar-refractivity contribution in [2.45, 2.75) is 32.1 Å². The average molecular weight is 342 g/mol. The lowest BCUT2D eigenvalue weighted by Crippen LogP contribution is -2.29. The fourth-order valence-electron chi connectivity index (χ4n) is 2.74. The zero-order chi connectivity index (χ0) is 15.9. The smallest absolute Gasteiger partial charge is 0.308 e. The highest BCUT2D eigenvalue weighted by Gasteiger charge is 2.30. The molecule has 1 aromatic carbocycles. The molecule has 0 aromatic heterocycles. The lowest BCUT2D eigenvalue weighted by atomic mass is 10.1. The summed E-state index contributed by atoms with van der Waals surface area (Å²) in [5, 5.41) is 8.94. The molecule has 6 heteroatoms. The number of amides is 1. The molecule has 1 heterocycles. The van der Waals surface area contributed by atoms with E-state index in [1.165, 1.54) is 5.56 Å². The number of aliphatic carboxylic acids is 1. The molecule has 1 aliphatic rings. The Balaban J connectivity index is 0.00000264. The van der Waals surface area contributed by atoms with Gasteiger partial charge in [0.1, 0.15) is 5.75 Å². The summed E-state index contributed by atoms with van der Waals surface area (Å²) in [6, 6.07) is 7.96. The van der Waals surface area contributed by atoms with Crippen LogP contribution in [0.1, 0.15) is 31.2 Å². The van der Waals surface area contributed by atoms with Crippen molar-refractivity contribution in [3.63, 3.8) is 0 Å². The van der Waals surface area contributed by atoms with E-state index in [9.17, 15) is 9.59 Å². The third-order valence-electron chi connectivity index (χ3n) is 4.16. The number of carboxylic acid groups (broad SMARTS) is 1. The first-order valence-corrected chi connectivity index (χ1v) is 7.73. The molecule has 1 aliphatic heterocycles. The van der Waals surface area contributed by atoms with Crippen molar-refractivity contribution in [2.24, 2.45) is 5.92 Å². The Labute approximate surface area is 143 Å². The molecule has 1 unspecified atom stereocenters. The summed E-state index contributed by atoms with van der Waals surface area (Å²) in [6.45, 7) is 0.945. The van der Waals surface area contributed by atoms with Crippen LogP contribution in [-0.4, -0.2) is 42.1 Å². The van der Waals surface area contributed by atoms with Gasteiger partial charge in [0.15, 0.2) is 0 Å². The third-order valence-corrected chi connectivity index (χ3v) is 4.16. The topological polar surface area (TPSA) is 66.8 Å². The number of carboxylic acids is 1. The number of unbranched alkanes of at least 4 members (excludes halogenated alkanes) is 1. The molecule has 128 valence electrons. The van der Waals surface area contributed by atoms with Crippen LogP contribution in [0.4, 0.5) is 0 Å². The number of benzene rings is 1. The van der Waals surface area contributed by atoms with Crippen LogP contribution in [-0.2, 0) is 16.0 Å². The van der Waals surface area contributed by atoms with Crippen LogP contribution in [0.2, 0.25) is 0 Å². The summed E-state index contributed by atoms with van der Waals surface area (Å²) < 4.78 is 5.12. The van der Waals surface area contributed by atoms with E-state index in [0.717, 1.165) is 25.0 Å². The van der Waals surface area contributed by atoms with Crippen molar-refractivity contribution in [3.05, 3.63) is 29.8 Å². The number of nitrogens with zero attached hydrogens (tertiary/aromatic N) is 1. The molecule has 0 spiro atoms. The minimum absolute atomic E-state index is 0. The summed E-state index contributed by atoms with van der Waals surface area (Å²) in [4.78, 5) is 24.6. The van der Waals surface area contributed by atoms with E-state index in [4.69, 9.17) is 9.84 Å². The minimum Gasteiger partial charge on any atom is -0.497 e. The highest BCUT2D eigenvalue weighted by molar-refractivity contribution is 5.85. The largest absolute Gasteiger partial charge is 0.497 e. The predicted molar refractivity (Wildman–Crippen MR) is 90.1 cm³/mol. The summed E-state index contributed by atoms with van der Waals surface area (Å²) in [5.74, 6) is -0.252. The summed E-state index contributed by atoms with van der Waals surface area (Å²) >= 11 is 0. The maximum Gasteiger partial charge on any atom is 0.308 e. The molecule has 1 atom stereocenters. The maximum atomic E-state index is 12.0. The molecule has 1 aromatic rings. The van der Waals surface area contributed by atoms with Gasteiger partial charge in [-0.2, -0.15) is 0 Å². The Morgan fingerprint density at radius 1 is 1.26 bits per heavy atom. The lowest BCUT2D eigenvalue weighted by molar-refractivity contribution is -0.141. The van der Waals surface area contributed by atoms with E-state index in [2.05, 4.69) is 0 Å². The third kappa shape index (κ3) is 5.75. The van der Waals surface area contributed by atoms with Gasteiger partial charge < -0.3 is 14.7 Å². The van der Waals surface area contributed by atoms with Crippen LogP contribution in [0.3, 0.4) is 0 Å². The molecule has 0 aliphatic carbocycles. The van der Waals surface area contributed by atoms with Crippen LogP contribution in [0, 0.1) is 5.92 Å². The second-order valence-corrected chi connectivity index (χ2v) is 5.72. The van der Waals surface area contributed by atoms with Crippen LogP contribution >= 0.6 is 12.4 Å². The molecular weight excluding hydrogens is 318 g/mol. The number of halogens is 1. The standard InChI is InChI=1S/C17H23NO4.ClH/c1-22-15-8-6-13(7-9-15)4-2-3-5-16(19)18-11-10-14(12-18)17(20)21;/h6-9,14H,2-5,10-12H2,1H3,(H,20,21);1H. The van der Waals surface area contributed by atoms with Gasteiger partial charge in [-0.05, 0) is 43.4 Å². The second-order valence-electron chi connectivity index (χ2n) is 5.72. The number of hydrogen-bond acceptors (Lipinski definition) is 3. The van der Waals surface area contributed by atoms with Gasteiger partial charge in [0.25, 0.3) is 0 Å². The van der Waals surface area contributed by atoms with E-state index < -0.39 is 5.97 Å². The number of methoxy groups -OCH3 is 1. The van der Waals surface area contributed by atoms with Gasteiger partial charge in [0, 0.05) is 19.5 Å². The zero-order valence-electron chi connectivity index (χ0n) is 13.4. The molecule has 0 saturated carbocycles. The highest BCUT2D eigenvalue weighted by atomic mass is 35.5. The Kier molecular flexibility index (Phi) is 7.89. The summed E-state index contributed by atoms with van der Waals surface area (Å²) in [5.41, 5.74) is 1.24. The summed E-state index contributed by atoms with van der Waals surface area (Å²) in [6.07, 6.45) is 3.80. The predicted octanol–water partition coefficient (Wildman–Crippen LogP) is 2.76. The van der Waals surface area contributed by atoms with Crippen LogP contribution in [0.15, 0.2) is 24.3 Å². The number of aryl methyl sites for hydroxylation is 1. The van der Waals surface area contributed by atoms with Gasteiger partial charge >= 0.3 is 5.97 Å². The molecule has 1 N–H and O–H groups in total. The Morgan fingerprint density at radius 3 is 2.52 bits per heavy atom. The van der Waals surface area contributed by atoms with Crippen molar-refractivity contribution < 1.29 is 19.4 Å². The van der Waals surface area contributed by atoms with Crippen molar-refractivity contribution in [1.29, 1.82) is 0 Å². The number of hydrogen-bond donors (Lipinski definition) is 1. The number of carbonyl (C=O) groups excluding carboxylic acids is 1. The number of carbonyl (C=O) groups is 2. The molecule has 1 fully saturated rings. The normalized spacial score (nSPS) is 16.7. The first-order valence-electron chi connectivity index (χ1n) is 7.73. The van der Waals surface area contributed by atoms with E-state index >= 15 is 0 Å². The Bertz CT molecular complexity index is 518. The fraction of sp³-hybridized carbons (Fsp3) is 0.529. The molecule has 0 bridgehead atoms. The van der Waals surface area contributed by atoms with E-state index in [1.54, 1.807) is 12.0 Å². The molecule has 23 heavy (non-hydrogen) atoms. The number of likely N-dealkylation sites (tertiary alicyclic amines) is 1. The Hall–Kier alpha value is -1.75. The molecule has 2 rings (SSSR count). The van der Waals surface area contributed by atoms with Gasteiger partial charge in [-0.3, -0.25) is 9.59 Å². The zero-order valence-corrected chi connectivity index (χ0v) is 14.2. The van der Waals surface area contributed by atoms with Gasteiger partial charge in [-0.25, -0.2) is 0 Å². The highest BCUT2D eigenvalue weighted by Crippen LogP contribution is 2.18. The van der Waals surface area contributed by atoms with Gasteiger partial charge in [0.2, 0.25) is 5.91 Å². The van der Waals surface area contributed by atoms with E-state index in [1.807, 2.05) is 24.3 Å². The minimum atomic E-state index is -0.796. The molecular formula is C17H24ClNO4. The quantitative estimate of drug-likeness (QED) is 0.774. The van der Waals surface area contributed by atoms with Gasteiger partial charge in [-0.15, -0.1) is 12.4 Å². The van der Waals surface area contributed by atoms with Crippen LogP contribution in [0.5, 0.6) is 5.75 Å². The van der Waals surface area contributed by atoms with E-state index in [-0.39, 0.29) is 24.2 Å². The molecule has 1 amide bonds. The van der Waals surface area contributed by atoms with Gasteiger partial charge in [0.05, 0.1) is 13.0 Å². The van der Waals surface area contributed by atoms with E-state index in [0.29, 0.717) is 25.9 Å². The molecule has 5 nitrogen and oxygen atoms in total. The van der Waals surface area contributed by atoms with Crippen LogP contribution in [0.25, 0.3) is 0 Å². The Morgan fingerprint density at radius 2 is 1.96 bits per heavy atom. The summed E-state index contributed by atoms with van der Waals surface area (Å²) in [7, 11) is 1.65. The number of rotatable bonds is 7. The van der Waals surface area contributed by atoms with Crippen molar-refractivity contribution in [2.75, 3.05) is 20.2 Å². The first-order chi connectivity index (χ1) is 10.6. The second kappa shape index (κ2) is 9.40. The lowest BCUT2D eigenvalue weighted by Gasteiger charge is -2.15. The van der Waals surface area contributed by atoms with Crippen molar-refractivity contribution in [3.8, 4) is 5.75 Å². The average Bonchev–Trinajstić information content (AvgIpc) is 3.02. The van der Waals surface area contributed by atoms with Crippen molar-refractivity contribution >= 4 is 24.3 Å². The molecule has 0 radical (unpaired) electrons. The van der Waals surface area contributed by atoms with Gasteiger partial charge in [-0.1, -0.05) is 12.1 Å². The number of ether oxygens (including phenoxy) is 1. The first kappa shape index (κ1) is 19.3. The van der Waals surface area contributed by atoms with Crippen LogP contribution < -0.4 is 4.74 Å². The maximum absolute atomic E-state index is 12.0. The monoisotopic (exact) mass is 341 g/mol. The fourth-order valence-corrected chi connectivity index (χ4v) is 2.74. The molecule has 1 saturated heterocycles. The SMILES string of the molecule is COc1ccc(CCCCC(=O)N2CCC(C(=O)O)C2)cc1.Cl. The van der Waals surface area contributed by atoms with Crippen molar-refractivity contribution in [1.82, 2.24) is 4.90 Å².